The number of benzene rings is 1. The first-order valence-electron chi connectivity index (χ1n) is 7.23. The van der Waals surface area contributed by atoms with Crippen LogP contribution in [0.1, 0.15) is 50.5 Å². The Morgan fingerprint density at radius 3 is 2.71 bits per heavy atom. The second kappa shape index (κ2) is 6.96. The van der Waals surface area contributed by atoms with Crippen molar-refractivity contribution < 1.29 is 4.74 Å². The maximum absolute atomic E-state index is 6.21. The summed E-state index contributed by atoms with van der Waals surface area (Å²) in [4.78, 5) is 0. The van der Waals surface area contributed by atoms with Gasteiger partial charge in [-0.2, -0.15) is 5.10 Å². The molecular formula is C16H22ClN3O. The molecule has 2 aromatic rings. The average molecular weight is 308 g/mol. The van der Waals surface area contributed by atoms with Crippen molar-refractivity contribution in [3.8, 4) is 5.75 Å². The third kappa shape index (κ3) is 3.99. The number of rotatable bonds is 6. The summed E-state index contributed by atoms with van der Waals surface area (Å²) in [6, 6.07) is 7.96. The van der Waals surface area contributed by atoms with E-state index in [0.717, 1.165) is 17.7 Å². The molecular weight excluding hydrogens is 286 g/mol. The Balaban J connectivity index is 2.01. The predicted octanol–water partition coefficient (Wildman–Crippen LogP) is 4.11. The number of hydrogen-bond acceptors (Lipinski definition) is 3. The maximum atomic E-state index is 6.21. The lowest BCUT2D eigenvalue weighted by molar-refractivity contribution is 0.298. The van der Waals surface area contributed by atoms with Crippen LogP contribution in [0.5, 0.6) is 5.75 Å². The van der Waals surface area contributed by atoms with E-state index in [1.54, 1.807) is 0 Å². The van der Waals surface area contributed by atoms with Gasteiger partial charge in [0.1, 0.15) is 12.4 Å². The Labute approximate surface area is 130 Å². The second-order valence-corrected chi connectivity index (χ2v) is 5.72. The van der Waals surface area contributed by atoms with Crippen molar-refractivity contribution in [2.24, 2.45) is 5.73 Å². The van der Waals surface area contributed by atoms with E-state index >= 15 is 0 Å². The molecule has 1 heterocycles. The fourth-order valence-electron chi connectivity index (χ4n) is 1.96. The summed E-state index contributed by atoms with van der Waals surface area (Å²) in [6.07, 6.45) is 3.03. The van der Waals surface area contributed by atoms with Gasteiger partial charge in [0, 0.05) is 18.3 Å². The fourth-order valence-corrected chi connectivity index (χ4v) is 2.20. The van der Waals surface area contributed by atoms with Gasteiger partial charge in [-0.1, -0.05) is 24.6 Å². The predicted molar refractivity (Wildman–Crippen MR) is 85.6 cm³/mol. The third-order valence-corrected chi connectivity index (χ3v) is 3.86. The van der Waals surface area contributed by atoms with E-state index in [0.29, 0.717) is 23.4 Å². The summed E-state index contributed by atoms with van der Waals surface area (Å²) >= 11 is 6.21. The van der Waals surface area contributed by atoms with E-state index in [4.69, 9.17) is 22.1 Å². The van der Waals surface area contributed by atoms with Crippen LogP contribution in [-0.2, 0) is 6.61 Å². The summed E-state index contributed by atoms with van der Waals surface area (Å²) in [6.45, 7) is 6.61. The third-order valence-electron chi connectivity index (χ3n) is 3.56. The monoisotopic (exact) mass is 307 g/mol. The van der Waals surface area contributed by atoms with Crippen molar-refractivity contribution >= 4 is 11.6 Å². The van der Waals surface area contributed by atoms with Gasteiger partial charge in [-0.25, -0.2) is 0 Å². The van der Waals surface area contributed by atoms with E-state index < -0.39 is 0 Å². The Kier molecular flexibility index (Phi) is 5.26. The molecule has 0 amide bonds. The number of aromatic nitrogens is 2. The second-order valence-electron chi connectivity index (χ2n) is 5.31. The Bertz CT molecular complexity index is 595. The highest BCUT2D eigenvalue weighted by Gasteiger charge is 2.08. The van der Waals surface area contributed by atoms with Crippen molar-refractivity contribution in [2.75, 3.05) is 0 Å². The van der Waals surface area contributed by atoms with Crippen molar-refractivity contribution in [1.29, 1.82) is 0 Å². The molecule has 0 radical (unpaired) electrons. The molecule has 0 spiro atoms. The van der Waals surface area contributed by atoms with E-state index in [2.05, 4.69) is 18.9 Å². The Hall–Kier alpha value is -1.52. The highest BCUT2D eigenvalue weighted by Crippen LogP contribution is 2.28. The Morgan fingerprint density at radius 2 is 2.10 bits per heavy atom. The van der Waals surface area contributed by atoms with Crippen LogP contribution in [0.15, 0.2) is 30.5 Å². The van der Waals surface area contributed by atoms with Crippen LogP contribution < -0.4 is 10.5 Å². The largest absolute Gasteiger partial charge is 0.486 e. The molecule has 0 aliphatic carbocycles. The van der Waals surface area contributed by atoms with Gasteiger partial charge in [-0.3, -0.25) is 4.68 Å². The molecule has 2 N–H and O–H groups in total. The van der Waals surface area contributed by atoms with Crippen molar-refractivity contribution in [3.63, 3.8) is 0 Å². The summed E-state index contributed by atoms with van der Waals surface area (Å²) in [5.74, 6) is 0.652. The summed E-state index contributed by atoms with van der Waals surface area (Å²) in [5.41, 5.74) is 7.71. The molecule has 0 aliphatic heterocycles. The molecule has 0 saturated heterocycles. The van der Waals surface area contributed by atoms with Crippen molar-refractivity contribution in [2.45, 2.75) is 45.9 Å². The minimum Gasteiger partial charge on any atom is -0.486 e. The van der Waals surface area contributed by atoms with Gasteiger partial charge < -0.3 is 10.5 Å². The van der Waals surface area contributed by atoms with Gasteiger partial charge in [0.25, 0.3) is 0 Å². The van der Waals surface area contributed by atoms with Crippen LogP contribution in [-0.4, -0.2) is 9.78 Å². The first kappa shape index (κ1) is 15.9. The van der Waals surface area contributed by atoms with Gasteiger partial charge in [-0.15, -0.1) is 0 Å². The molecule has 2 atom stereocenters. The van der Waals surface area contributed by atoms with E-state index in [1.807, 2.05) is 42.1 Å². The molecule has 1 aromatic carbocycles. The Morgan fingerprint density at radius 1 is 1.33 bits per heavy atom. The lowest BCUT2D eigenvalue weighted by atomic mass is 10.1. The highest BCUT2D eigenvalue weighted by atomic mass is 35.5. The van der Waals surface area contributed by atoms with Crippen LogP contribution in [0.2, 0.25) is 5.02 Å². The van der Waals surface area contributed by atoms with Gasteiger partial charge in [-0.05, 0) is 44.0 Å². The molecule has 5 heteroatoms. The highest BCUT2D eigenvalue weighted by molar-refractivity contribution is 6.32. The van der Waals surface area contributed by atoms with E-state index in [1.165, 1.54) is 0 Å². The van der Waals surface area contributed by atoms with E-state index in [-0.39, 0.29) is 6.04 Å². The fraction of sp³-hybridized carbons (Fsp3) is 0.438. The smallest absolute Gasteiger partial charge is 0.138 e. The molecule has 1 aromatic heterocycles. The quantitative estimate of drug-likeness (QED) is 0.874. The number of hydrogen-bond donors (Lipinski definition) is 1. The van der Waals surface area contributed by atoms with Crippen LogP contribution in [0.4, 0.5) is 0 Å². The zero-order chi connectivity index (χ0) is 15.4. The first-order valence-corrected chi connectivity index (χ1v) is 7.61. The molecule has 0 aliphatic rings. The minimum absolute atomic E-state index is 0.0391. The number of nitrogens with two attached hydrogens (primary N) is 1. The summed E-state index contributed by atoms with van der Waals surface area (Å²) in [7, 11) is 0. The van der Waals surface area contributed by atoms with Crippen LogP contribution >= 0.6 is 11.6 Å². The average Bonchev–Trinajstić information content (AvgIpc) is 2.93. The molecule has 0 fully saturated rings. The number of ether oxygens (including phenoxy) is 1. The van der Waals surface area contributed by atoms with Gasteiger partial charge in [0.05, 0.1) is 10.7 Å². The standard InChI is InChI=1S/C16H22ClN3O/c1-4-11(2)20-8-7-14(19-20)10-21-16-6-5-13(12(3)18)9-15(16)17/h5-9,11-12H,4,10,18H2,1-3H3/t11?,12-/m0/s1. The normalized spacial score (nSPS) is 14.0. The number of nitrogens with zero attached hydrogens (tertiary/aromatic N) is 2. The summed E-state index contributed by atoms with van der Waals surface area (Å²) in [5, 5.41) is 5.08. The lowest BCUT2D eigenvalue weighted by Gasteiger charge is -2.11. The van der Waals surface area contributed by atoms with Gasteiger partial charge in [0.15, 0.2) is 0 Å². The van der Waals surface area contributed by atoms with Crippen molar-refractivity contribution in [3.05, 3.63) is 46.7 Å². The zero-order valence-corrected chi connectivity index (χ0v) is 13.5. The van der Waals surface area contributed by atoms with Crippen molar-refractivity contribution in [1.82, 2.24) is 9.78 Å². The van der Waals surface area contributed by atoms with Gasteiger partial charge >= 0.3 is 0 Å². The zero-order valence-electron chi connectivity index (χ0n) is 12.7. The molecule has 1 unspecified atom stereocenters. The van der Waals surface area contributed by atoms with Crippen LogP contribution in [0.3, 0.4) is 0 Å². The summed E-state index contributed by atoms with van der Waals surface area (Å²) < 4.78 is 7.69. The molecule has 114 valence electrons. The molecule has 2 rings (SSSR count). The van der Waals surface area contributed by atoms with Crippen LogP contribution in [0, 0.1) is 0 Å². The molecule has 4 nitrogen and oxygen atoms in total. The first-order chi connectivity index (χ1) is 10.0. The van der Waals surface area contributed by atoms with Crippen LogP contribution in [0.25, 0.3) is 0 Å². The minimum atomic E-state index is -0.0391. The number of halogens is 1. The topological polar surface area (TPSA) is 53.1 Å². The molecule has 0 bridgehead atoms. The molecule has 21 heavy (non-hydrogen) atoms. The van der Waals surface area contributed by atoms with Gasteiger partial charge in [0.2, 0.25) is 0 Å². The SMILES string of the molecule is CCC(C)n1ccc(COc2ccc([C@H](C)N)cc2Cl)n1. The molecule has 0 saturated carbocycles. The van der Waals surface area contributed by atoms with E-state index in [9.17, 15) is 0 Å². The maximum Gasteiger partial charge on any atom is 0.138 e. The lowest BCUT2D eigenvalue weighted by Crippen LogP contribution is -2.06.